The number of ether oxygens (including phenoxy) is 2. The van der Waals surface area contributed by atoms with Gasteiger partial charge in [-0.3, -0.25) is 9.59 Å². The molecule has 0 aliphatic rings. The molecule has 35 heavy (non-hydrogen) atoms. The molecule has 0 saturated heterocycles. The SMILES string of the molecule is CCC(C)C(NC(=O)OC(C)(C)C)C(=O)N(C)C(C(=O)Nc1ccc(OC)cc1)c1ccccc1. The van der Waals surface area contributed by atoms with Gasteiger partial charge in [-0.05, 0) is 56.5 Å². The lowest BCUT2D eigenvalue weighted by Gasteiger charge is -2.33. The lowest BCUT2D eigenvalue weighted by Crippen LogP contribution is -2.53. The Bertz CT molecular complexity index is 986. The fourth-order valence-corrected chi connectivity index (χ4v) is 3.54. The highest BCUT2D eigenvalue weighted by atomic mass is 16.6. The zero-order chi connectivity index (χ0) is 26.2. The van der Waals surface area contributed by atoms with Gasteiger partial charge in [-0.2, -0.15) is 0 Å². The Labute approximate surface area is 208 Å². The molecule has 0 fully saturated rings. The van der Waals surface area contributed by atoms with E-state index in [-0.39, 0.29) is 17.7 Å². The molecule has 2 aromatic rings. The van der Waals surface area contributed by atoms with E-state index < -0.39 is 23.8 Å². The third-order valence-electron chi connectivity index (χ3n) is 5.61. The zero-order valence-electron chi connectivity index (χ0n) is 21.6. The van der Waals surface area contributed by atoms with Crippen LogP contribution >= 0.6 is 0 Å². The third kappa shape index (κ3) is 8.02. The van der Waals surface area contributed by atoms with Gasteiger partial charge in [0, 0.05) is 12.7 Å². The molecule has 0 aromatic heterocycles. The van der Waals surface area contributed by atoms with Crippen LogP contribution in [0.25, 0.3) is 0 Å². The molecule has 0 saturated carbocycles. The minimum absolute atomic E-state index is 0.182. The van der Waals surface area contributed by atoms with E-state index >= 15 is 0 Å². The number of likely N-dealkylation sites (N-methyl/N-ethyl adjacent to an activating group) is 1. The van der Waals surface area contributed by atoms with E-state index in [1.54, 1.807) is 71.3 Å². The number of hydrogen-bond donors (Lipinski definition) is 2. The van der Waals surface area contributed by atoms with Crippen molar-refractivity contribution < 1.29 is 23.9 Å². The van der Waals surface area contributed by atoms with Gasteiger partial charge >= 0.3 is 6.09 Å². The molecule has 0 radical (unpaired) electrons. The number of carbonyl (C=O) groups excluding carboxylic acids is 3. The molecular weight excluding hydrogens is 446 g/mol. The Morgan fingerprint density at radius 2 is 1.60 bits per heavy atom. The highest BCUT2D eigenvalue weighted by Crippen LogP contribution is 2.25. The van der Waals surface area contributed by atoms with Crippen LogP contribution in [0.15, 0.2) is 54.6 Å². The summed E-state index contributed by atoms with van der Waals surface area (Å²) in [5.74, 6) is -0.278. The number of methoxy groups -OCH3 is 1. The molecule has 0 spiro atoms. The first-order valence-corrected chi connectivity index (χ1v) is 11.7. The van der Waals surface area contributed by atoms with Crippen LogP contribution in [0.1, 0.15) is 52.6 Å². The monoisotopic (exact) mass is 483 g/mol. The molecule has 0 aliphatic heterocycles. The largest absolute Gasteiger partial charge is 0.497 e. The predicted molar refractivity (Wildman–Crippen MR) is 136 cm³/mol. The Balaban J connectivity index is 2.33. The molecule has 0 aliphatic carbocycles. The minimum Gasteiger partial charge on any atom is -0.497 e. The number of benzene rings is 2. The van der Waals surface area contributed by atoms with Gasteiger partial charge in [0.05, 0.1) is 7.11 Å². The van der Waals surface area contributed by atoms with Crippen molar-refractivity contribution in [3.05, 3.63) is 60.2 Å². The van der Waals surface area contributed by atoms with E-state index in [0.29, 0.717) is 23.4 Å². The van der Waals surface area contributed by atoms with Crippen molar-refractivity contribution in [3.8, 4) is 5.75 Å². The van der Waals surface area contributed by atoms with Crippen molar-refractivity contribution in [3.63, 3.8) is 0 Å². The van der Waals surface area contributed by atoms with Crippen molar-refractivity contribution >= 4 is 23.6 Å². The molecule has 3 unspecified atom stereocenters. The van der Waals surface area contributed by atoms with Crippen molar-refractivity contribution in [2.75, 3.05) is 19.5 Å². The van der Waals surface area contributed by atoms with E-state index in [1.165, 1.54) is 4.90 Å². The molecular formula is C27H37N3O5. The fraction of sp³-hybridized carbons (Fsp3) is 0.444. The van der Waals surface area contributed by atoms with Gasteiger partial charge in [-0.1, -0.05) is 50.6 Å². The van der Waals surface area contributed by atoms with Crippen molar-refractivity contribution in [1.29, 1.82) is 0 Å². The van der Waals surface area contributed by atoms with E-state index in [4.69, 9.17) is 9.47 Å². The molecule has 0 bridgehead atoms. The molecule has 3 atom stereocenters. The number of nitrogens with zero attached hydrogens (tertiary/aromatic N) is 1. The first-order chi connectivity index (χ1) is 16.5. The molecule has 2 aromatic carbocycles. The summed E-state index contributed by atoms with van der Waals surface area (Å²) < 4.78 is 10.5. The molecule has 8 heteroatoms. The summed E-state index contributed by atoms with van der Waals surface area (Å²) in [7, 11) is 3.14. The number of nitrogens with one attached hydrogen (secondary N) is 2. The van der Waals surface area contributed by atoms with Crippen molar-refractivity contribution in [1.82, 2.24) is 10.2 Å². The van der Waals surface area contributed by atoms with Crippen LogP contribution in [0, 0.1) is 5.92 Å². The van der Waals surface area contributed by atoms with Crippen LogP contribution in [0.3, 0.4) is 0 Å². The lowest BCUT2D eigenvalue weighted by molar-refractivity contribution is -0.140. The van der Waals surface area contributed by atoms with Crippen LogP contribution in [-0.2, 0) is 14.3 Å². The molecule has 2 N–H and O–H groups in total. The van der Waals surface area contributed by atoms with Crippen LogP contribution in [0.4, 0.5) is 10.5 Å². The standard InChI is InChI=1S/C27H37N3O5/c1-8-18(2)22(29-26(33)35-27(3,4)5)25(32)30(6)23(19-12-10-9-11-13-19)24(31)28-20-14-16-21(34-7)17-15-20/h9-18,22-23H,8H2,1-7H3,(H,28,31)(H,29,33). The van der Waals surface area contributed by atoms with Crippen LogP contribution in [-0.4, -0.2) is 48.6 Å². The number of rotatable bonds is 9. The Hall–Kier alpha value is -3.55. The highest BCUT2D eigenvalue weighted by Gasteiger charge is 2.36. The summed E-state index contributed by atoms with van der Waals surface area (Å²) >= 11 is 0. The van der Waals surface area contributed by atoms with Gasteiger partial charge in [0.2, 0.25) is 5.91 Å². The maximum atomic E-state index is 13.7. The lowest BCUT2D eigenvalue weighted by atomic mass is 9.96. The first-order valence-electron chi connectivity index (χ1n) is 11.7. The first kappa shape index (κ1) is 27.7. The average Bonchev–Trinajstić information content (AvgIpc) is 2.81. The molecule has 0 heterocycles. The van der Waals surface area contributed by atoms with Crippen molar-refractivity contribution in [2.45, 2.75) is 58.7 Å². The summed E-state index contributed by atoms with van der Waals surface area (Å²) in [5, 5.41) is 5.60. The summed E-state index contributed by atoms with van der Waals surface area (Å²) in [6, 6.07) is 14.2. The van der Waals surface area contributed by atoms with Crippen molar-refractivity contribution in [2.24, 2.45) is 5.92 Å². The topological polar surface area (TPSA) is 97.0 Å². The smallest absolute Gasteiger partial charge is 0.408 e. The molecule has 2 rings (SSSR count). The second kappa shape index (κ2) is 12.2. The van der Waals surface area contributed by atoms with E-state index in [2.05, 4.69) is 10.6 Å². The predicted octanol–water partition coefficient (Wildman–Crippen LogP) is 4.77. The number of hydrogen-bond acceptors (Lipinski definition) is 5. The van der Waals surface area contributed by atoms with Crippen LogP contribution < -0.4 is 15.4 Å². The summed E-state index contributed by atoms with van der Waals surface area (Å²) in [6.45, 7) is 9.09. The fourth-order valence-electron chi connectivity index (χ4n) is 3.54. The van der Waals surface area contributed by atoms with Gasteiger partial charge < -0.3 is 25.0 Å². The third-order valence-corrected chi connectivity index (χ3v) is 5.61. The number of alkyl carbamates (subject to hydrolysis) is 1. The second-order valence-corrected chi connectivity index (χ2v) is 9.49. The minimum atomic E-state index is -0.919. The van der Waals surface area contributed by atoms with Gasteiger partial charge in [-0.15, -0.1) is 0 Å². The summed E-state index contributed by atoms with van der Waals surface area (Å²) in [5.41, 5.74) is 0.515. The Morgan fingerprint density at radius 3 is 2.11 bits per heavy atom. The molecule has 190 valence electrons. The van der Waals surface area contributed by atoms with Gasteiger partial charge in [0.25, 0.3) is 5.91 Å². The van der Waals surface area contributed by atoms with Gasteiger partial charge in [0.1, 0.15) is 23.4 Å². The van der Waals surface area contributed by atoms with Gasteiger partial charge in [0.15, 0.2) is 0 Å². The second-order valence-electron chi connectivity index (χ2n) is 9.49. The van der Waals surface area contributed by atoms with Crippen LogP contribution in [0.5, 0.6) is 5.75 Å². The Kier molecular flexibility index (Phi) is 9.68. The zero-order valence-corrected chi connectivity index (χ0v) is 21.6. The normalized spacial score (nSPS) is 13.7. The summed E-state index contributed by atoms with van der Waals surface area (Å²) in [6.07, 6.45) is -0.0304. The maximum Gasteiger partial charge on any atom is 0.408 e. The van der Waals surface area contributed by atoms with Crippen LogP contribution in [0.2, 0.25) is 0 Å². The number of amides is 3. The number of carbonyl (C=O) groups is 3. The summed E-state index contributed by atoms with van der Waals surface area (Å²) in [4.78, 5) is 41.0. The quantitative estimate of drug-likeness (QED) is 0.535. The highest BCUT2D eigenvalue weighted by molar-refractivity contribution is 5.99. The van der Waals surface area contributed by atoms with E-state index in [1.807, 2.05) is 32.0 Å². The number of anilines is 1. The average molecular weight is 484 g/mol. The van der Waals surface area contributed by atoms with E-state index in [0.717, 1.165) is 0 Å². The molecule has 3 amide bonds. The Morgan fingerprint density at radius 1 is 1.00 bits per heavy atom. The van der Waals surface area contributed by atoms with E-state index in [9.17, 15) is 14.4 Å². The van der Waals surface area contributed by atoms with Gasteiger partial charge in [-0.25, -0.2) is 4.79 Å². The molecule has 8 nitrogen and oxygen atoms in total. The maximum absolute atomic E-state index is 13.7.